The zero-order valence-corrected chi connectivity index (χ0v) is 11.9. The molecule has 0 heterocycles. The standard InChI is InChI=1S/C15H14F2N2OS/c16-11-3-1-2-4-13(11)19-15(20)7-8-21-14-6-5-10(18)9-12(14)17/h1-6,9H,7-8,18H2,(H,19,20). The minimum atomic E-state index is -0.483. The van der Waals surface area contributed by atoms with E-state index in [1.807, 2.05) is 0 Å². The number of halogens is 2. The summed E-state index contributed by atoms with van der Waals surface area (Å²) in [5.74, 6) is -0.817. The molecule has 1 amide bonds. The summed E-state index contributed by atoms with van der Waals surface area (Å²) in [7, 11) is 0. The van der Waals surface area contributed by atoms with Gasteiger partial charge in [-0.15, -0.1) is 11.8 Å². The lowest BCUT2D eigenvalue weighted by molar-refractivity contribution is -0.115. The Morgan fingerprint density at radius 1 is 1.14 bits per heavy atom. The lowest BCUT2D eigenvalue weighted by atomic mass is 10.3. The molecule has 0 aromatic heterocycles. The Morgan fingerprint density at radius 3 is 2.62 bits per heavy atom. The molecule has 0 radical (unpaired) electrons. The SMILES string of the molecule is Nc1ccc(SCCC(=O)Nc2ccccc2F)c(F)c1. The fraction of sp³-hybridized carbons (Fsp3) is 0.133. The van der Waals surface area contributed by atoms with Crippen molar-refractivity contribution < 1.29 is 13.6 Å². The molecule has 2 aromatic rings. The van der Waals surface area contributed by atoms with E-state index in [0.717, 1.165) is 0 Å². The van der Waals surface area contributed by atoms with Gasteiger partial charge in [0.1, 0.15) is 11.6 Å². The van der Waals surface area contributed by atoms with Crippen LogP contribution in [0.5, 0.6) is 0 Å². The molecule has 0 saturated heterocycles. The van der Waals surface area contributed by atoms with E-state index >= 15 is 0 Å². The van der Waals surface area contributed by atoms with Gasteiger partial charge in [-0.2, -0.15) is 0 Å². The van der Waals surface area contributed by atoms with E-state index in [0.29, 0.717) is 16.3 Å². The first-order valence-corrected chi connectivity index (χ1v) is 7.27. The average molecular weight is 308 g/mol. The van der Waals surface area contributed by atoms with E-state index in [-0.39, 0.29) is 18.0 Å². The smallest absolute Gasteiger partial charge is 0.225 e. The van der Waals surface area contributed by atoms with Crippen molar-refractivity contribution in [1.29, 1.82) is 0 Å². The predicted molar refractivity (Wildman–Crippen MR) is 81.2 cm³/mol. The molecule has 21 heavy (non-hydrogen) atoms. The number of hydrogen-bond donors (Lipinski definition) is 2. The number of nitrogen functional groups attached to an aromatic ring is 1. The van der Waals surface area contributed by atoms with E-state index < -0.39 is 11.6 Å². The monoisotopic (exact) mass is 308 g/mol. The normalized spacial score (nSPS) is 10.4. The van der Waals surface area contributed by atoms with Crippen molar-refractivity contribution in [1.82, 2.24) is 0 Å². The Balaban J connectivity index is 1.83. The topological polar surface area (TPSA) is 55.1 Å². The van der Waals surface area contributed by atoms with Gasteiger partial charge >= 0.3 is 0 Å². The molecule has 0 unspecified atom stereocenters. The molecule has 6 heteroatoms. The van der Waals surface area contributed by atoms with Crippen molar-refractivity contribution in [2.45, 2.75) is 11.3 Å². The summed E-state index contributed by atoms with van der Waals surface area (Å²) >= 11 is 1.21. The highest BCUT2D eigenvalue weighted by Gasteiger charge is 2.08. The van der Waals surface area contributed by atoms with Crippen LogP contribution in [0.2, 0.25) is 0 Å². The van der Waals surface area contributed by atoms with Crippen LogP contribution in [0.3, 0.4) is 0 Å². The fourth-order valence-electron chi connectivity index (χ4n) is 1.66. The van der Waals surface area contributed by atoms with Gasteiger partial charge in [0, 0.05) is 22.8 Å². The van der Waals surface area contributed by atoms with Gasteiger partial charge in [-0.3, -0.25) is 4.79 Å². The van der Waals surface area contributed by atoms with Gasteiger partial charge in [-0.25, -0.2) is 8.78 Å². The summed E-state index contributed by atoms with van der Waals surface area (Å²) in [4.78, 5) is 12.1. The highest BCUT2D eigenvalue weighted by Crippen LogP contribution is 2.24. The molecule has 110 valence electrons. The Labute approximate surface area is 125 Å². The van der Waals surface area contributed by atoms with Crippen LogP contribution in [0, 0.1) is 11.6 Å². The number of amides is 1. The van der Waals surface area contributed by atoms with Crippen molar-refractivity contribution in [2.24, 2.45) is 0 Å². The van der Waals surface area contributed by atoms with Crippen LogP contribution < -0.4 is 11.1 Å². The molecule has 0 spiro atoms. The molecule has 2 rings (SSSR count). The summed E-state index contributed by atoms with van der Waals surface area (Å²) in [6, 6.07) is 10.4. The fourth-order valence-corrected chi connectivity index (χ4v) is 2.53. The van der Waals surface area contributed by atoms with Crippen LogP contribution in [0.1, 0.15) is 6.42 Å². The highest BCUT2D eigenvalue weighted by molar-refractivity contribution is 7.99. The lowest BCUT2D eigenvalue weighted by Crippen LogP contribution is -2.13. The summed E-state index contributed by atoms with van der Waals surface area (Å²) in [6.45, 7) is 0. The molecular weight excluding hydrogens is 294 g/mol. The highest BCUT2D eigenvalue weighted by atomic mass is 32.2. The molecular formula is C15H14F2N2OS. The van der Waals surface area contributed by atoms with Gasteiger partial charge in [-0.1, -0.05) is 12.1 Å². The molecule has 3 nitrogen and oxygen atoms in total. The Bertz CT molecular complexity index is 649. The summed E-state index contributed by atoms with van der Waals surface area (Å²) in [5, 5.41) is 2.48. The number of hydrogen-bond acceptors (Lipinski definition) is 3. The molecule has 0 fully saturated rings. The van der Waals surface area contributed by atoms with Crippen molar-refractivity contribution in [3.05, 3.63) is 54.1 Å². The first-order chi connectivity index (χ1) is 10.1. The minimum Gasteiger partial charge on any atom is -0.399 e. The average Bonchev–Trinajstić information content (AvgIpc) is 2.44. The van der Waals surface area contributed by atoms with E-state index in [2.05, 4.69) is 5.32 Å². The van der Waals surface area contributed by atoms with Crippen molar-refractivity contribution >= 4 is 29.0 Å². The van der Waals surface area contributed by atoms with Gasteiger partial charge in [0.25, 0.3) is 0 Å². The number of para-hydroxylation sites is 1. The van der Waals surface area contributed by atoms with Gasteiger partial charge in [0.2, 0.25) is 5.91 Å². The molecule has 0 bridgehead atoms. The van der Waals surface area contributed by atoms with Crippen molar-refractivity contribution in [3.8, 4) is 0 Å². The van der Waals surface area contributed by atoms with E-state index in [1.54, 1.807) is 24.3 Å². The maximum atomic E-state index is 13.5. The number of benzene rings is 2. The van der Waals surface area contributed by atoms with Gasteiger partial charge in [0.05, 0.1) is 5.69 Å². The second kappa shape index (κ2) is 7.08. The van der Waals surface area contributed by atoms with Crippen LogP contribution >= 0.6 is 11.8 Å². The van der Waals surface area contributed by atoms with E-state index in [1.165, 1.54) is 30.0 Å². The van der Waals surface area contributed by atoms with Crippen LogP contribution in [0.25, 0.3) is 0 Å². The van der Waals surface area contributed by atoms with Crippen LogP contribution in [-0.4, -0.2) is 11.7 Å². The van der Waals surface area contributed by atoms with Gasteiger partial charge in [0.15, 0.2) is 0 Å². The zero-order chi connectivity index (χ0) is 15.2. The maximum absolute atomic E-state index is 13.5. The Hall–Kier alpha value is -2.08. The first kappa shape index (κ1) is 15.3. The number of anilines is 2. The van der Waals surface area contributed by atoms with Gasteiger partial charge in [-0.05, 0) is 30.3 Å². The number of rotatable bonds is 5. The number of nitrogens with two attached hydrogens (primary N) is 1. The van der Waals surface area contributed by atoms with E-state index in [9.17, 15) is 13.6 Å². The number of carbonyl (C=O) groups excluding carboxylic acids is 1. The van der Waals surface area contributed by atoms with Crippen molar-refractivity contribution in [2.75, 3.05) is 16.8 Å². The predicted octanol–water partition coefficient (Wildman–Crippen LogP) is 3.67. The lowest BCUT2D eigenvalue weighted by Gasteiger charge is -2.06. The first-order valence-electron chi connectivity index (χ1n) is 6.28. The quantitative estimate of drug-likeness (QED) is 0.654. The minimum absolute atomic E-state index is 0.145. The third kappa shape index (κ3) is 4.46. The second-order valence-electron chi connectivity index (χ2n) is 4.32. The van der Waals surface area contributed by atoms with Crippen LogP contribution in [0.15, 0.2) is 47.4 Å². The number of thioether (sulfide) groups is 1. The van der Waals surface area contributed by atoms with Crippen LogP contribution in [-0.2, 0) is 4.79 Å². The maximum Gasteiger partial charge on any atom is 0.225 e. The second-order valence-corrected chi connectivity index (χ2v) is 5.45. The van der Waals surface area contributed by atoms with E-state index in [4.69, 9.17) is 5.73 Å². The van der Waals surface area contributed by atoms with Crippen LogP contribution in [0.4, 0.5) is 20.2 Å². The third-order valence-electron chi connectivity index (χ3n) is 2.69. The summed E-state index contributed by atoms with van der Waals surface area (Å²) in [5.41, 5.74) is 5.96. The Morgan fingerprint density at radius 2 is 1.90 bits per heavy atom. The Kier molecular flexibility index (Phi) is 5.16. The van der Waals surface area contributed by atoms with Crippen molar-refractivity contribution in [3.63, 3.8) is 0 Å². The molecule has 0 saturated carbocycles. The van der Waals surface area contributed by atoms with Gasteiger partial charge < -0.3 is 11.1 Å². The molecule has 3 N–H and O–H groups in total. The molecule has 2 aromatic carbocycles. The third-order valence-corrected chi connectivity index (χ3v) is 3.74. The molecule has 0 aliphatic heterocycles. The molecule has 0 aliphatic carbocycles. The zero-order valence-electron chi connectivity index (χ0n) is 11.1. The summed E-state index contributed by atoms with van der Waals surface area (Å²) in [6.07, 6.45) is 0.156. The summed E-state index contributed by atoms with van der Waals surface area (Å²) < 4.78 is 26.9. The molecule has 0 aliphatic rings. The largest absolute Gasteiger partial charge is 0.399 e. The molecule has 0 atom stereocenters. The number of nitrogens with one attached hydrogen (secondary N) is 1. The number of carbonyl (C=O) groups is 1.